The van der Waals surface area contributed by atoms with E-state index in [-0.39, 0.29) is 12.3 Å². The van der Waals surface area contributed by atoms with Crippen molar-refractivity contribution in [2.45, 2.75) is 6.42 Å². The Hall–Kier alpha value is -1.95. The van der Waals surface area contributed by atoms with Crippen LogP contribution in [-0.4, -0.2) is 15.9 Å². The molecule has 1 amide bonds. The third kappa shape index (κ3) is 2.77. The van der Waals surface area contributed by atoms with Gasteiger partial charge in [0.15, 0.2) is 5.13 Å². The number of pyridine rings is 1. The van der Waals surface area contributed by atoms with Crippen molar-refractivity contribution in [3.8, 4) is 0 Å². The van der Waals surface area contributed by atoms with Crippen molar-refractivity contribution in [2.75, 3.05) is 11.1 Å². The molecular weight excluding hydrogens is 224 g/mol. The van der Waals surface area contributed by atoms with Gasteiger partial charge in [-0.15, -0.1) is 11.3 Å². The van der Waals surface area contributed by atoms with E-state index < -0.39 is 0 Å². The van der Waals surface area contributed by atoms with Gasteiger partial charge in [-0.05, 0) is 12.1 Å². The lowest BCUT2D eigenvalue weighted by molar-refractivity contribution is -0.115. The van der Waals surface area contributed by atoms with Gasteiger partial charge in [0.25, 0.3) is 0 Å². The number of hydrogen-bond donors (Lipinski definition) is 2. The fourth-order valence-electron chi connectivity index (χ4n) is 1.19. The first-order chi connectivity index (χ1) is 7.74. The second kappa shape index (κ2) is 4.71. The van der Waals surface area contributed by atoms with E-state index in [9.17, 15) is 4.79 Å². The topological polar surface area (TPSA) is 80.9 Å². The van der Waals surface area contributed by atoms with Crippen LogP contribution in [0.25, 0.3) is 0 Å². The molecule has 0 atom stereocenters. The Morgan fingerprint density at radius 1 is 1.50 bits per heavy atom. The summed E-state index contributed by atoms with van der Waals surface area (Å²) in [7, 11) is 0. The first-order valence-corrected chi connectivity index (χ1v) is 5.53. The Morgan fingerprint density at radius 3 is 3.00 bits per heavy atom. The molecule has 0 fully saturated rings. The maximum Gasteiger partial charge on any atom is 0.231 e. The molecule has 0 aliphatic rings. The van der Waals surface area contributed by atoms with Gasteiger partial charge in [-0.1, -0.05) is 6.07 Å². The largest absolute Gasteiger partial charge is 0.375 e. The summed E-state index contributed by atoms with van der Waals surface area (Å²) in [5.41, 5.74) is 6.15. The van der Waals surface area contributed by atoms with Crippen molar-refractivity contribution in [3.05, 3.63) is 35.5 Å². The molecule has 0 bridgehead atoms. The summed E-state index contributed by atoms with van der Waals surface area (Å²) in [6, 6.07) is 5.33. The molecule has 16 heavy (non-hydrogen) atoms. The van der Waals surface area contributed by atoms with Crippen molar-refractivity contribution in [1.82, 2.24) is 9.97 Å². The lowest BCUT2D eigenvalue weighted by Crippen LogP contribution is -2.15. The Bertz CT molecular complexity index is 483. The predicted molar refractivity (Wildman–Crippen MR) is 63.1 cm³/mol. The molecule has 2 rings (SSSR count). The predicted octanol–water partition coefficient (Wildman–Crippen LogP) is 1.30. The molecule has 0 aliphatic heterocycles. The zero-order chi connectivity index (χ0) is 11.4. The summed E-state index contributed by atoms with van der Waals surface area (Å²) < 4.78 is 0. The van der Waals surface area contributed by atoms with Crippen molar-refractivity contribution in [2.24, 2.45) is 0 Å². The van der Waals surface area contributed by atoms with Gasteiger partial charge in [-0.25, -0.2) is 9.97 Å². The summed E-state index contributed by atoms with van der Waals surface area (Å²) in [6.07, 6.45) is 1.83. The molecule has 2 heterocycles. The number of hydrogen-bond acceptors (Lipinski definition) is 5. The average Bonchev–Trinajstić information content (AvgIpc) is 2.65. The quantitative estimate of drug-likeness (QED) is 0.838. The van der Waals surface area contributed by atoms with E-state index in [4.69, 9.17) is 5.73 Å². The van der Waals surface area contributed by atoms with Gasteiger partial charge in [-0.3, -0.25) is 4.79 Å². The standard InChI is InChI=1S/C10H10N4OS/c11-10-13-7(6-16-10)5-9(15)14-8-3-1-2-4-12-8/h1-4,6H,5H2,(H2,11,13)(H,12,14,15). The highest BCUT2D eigenvalue weighted by molar-refractivity contribution is 7.13. The van der Waals surface area contributed by atoms with Crippen molar-refractivity contribution in [1.29, 1.82) is 0 Å². The van der Waals surface area contributed by atoms with Crippen LogP contribution < -0.4 is 11.1 Å². The SMILES string of the molecule is Nc1nc(CC(=O)Nc2ccccn2)cs1. The smallest absolute Gasteiger partial charge is 0.231 e. The Kier molecular flexibility index (Phi) is 3.11. The number of carbonyl (C=O) groups is 1. The lowest BCUT2D eigenvalue weighted by atomic mass is 10.3. The number of aromatic nitrogens is 2. The van der Waals surface area contributed by atoms with Crippen LogP contribution in [0.2, 0.25) is 0 Å². The molecular formula is C10H10N4OS. The van der Waals surface area contributed by atoms with Gasteiger partial charge in [0.2, 0.25) is 5.91 Å². The average molecular weight is 234 g/mol. The van der Waals surface area contributed by atoms with Gasteiger partial charge in [0, 0.05) is 11.6 Å². The highest BCUT2D eigenvalue weighted by atomic mass is 32.1. The molecule has 6 heteroatoms. The van der Waals surface area contributed by atoms with Crippen LogP contribution in [0.1, 0.15) is 5.69 Å². The molecule has 0 unspecified atom stereocenters. The number of nitrogens with zero attached hydrogens (tertiary/aromatic N) is 2. The molecule has 0 aromatic carbocycles. The van der Waals surface area contributed by atoms with Crippen molar-refractivity contribution in [3.63, 3.8) is 0 Å². The monoisotopic (exact) mass is 234 g/mol. The maximum atomic E-state index is 11.6. The van der Waals surface area contributed by atoms with E-state index in [0.29, 0.717) is 16.6 Å². The molecule has 0 radical (unpaired) electrons. The highest BCUT2D eigenvalue weighted by Crippen LogP contribution is 2.12. The molecule has 82 valence electrons. The number of anilines is 2. The lowest BCUT2D eigenvalue weighted by Gasteiger charge is -2.01. The van der Waals surface area contributed by atoms with E-state index in [2.05, 4.69) is 15.3 Å². The van der Waals surface area contributed by atoms with Gasteiger partial charge in [0.1, 0.15) is 5.82 Å². The van der Waals surface area contributed by atoms with Crippen LogP contribution in [0, 0.1) is 0 Å². The van der Waals surface area contributed by atoms with Gasteiger partial charge >= 0.3 is 0 Å². The number of nitrogens with two attached hydrogens (primary N) is 1. The minimum atomic E-state index is -0.149. The third-order valence-electron chi connectivity index (χ3n) is 1.84. The fraction of sp³-hybridized carbons (Fsp3) is 0.100. The maximum absolute atomic E-state index is 11.6. The normalized spacial score (nSPS) is 10.0. The molecule has 2 aromatic heterocycles. The molecule has 0 saturated carbocycles. The molecule has 0 spiro atoms. The van der Waals surface area contributed by atoms with Gasteiger partial charge in [0.05, 0.1) is 12.1 Å². The summed E-state index contributed by atoms with van der Waals surface area (Å²) in [4.78, 5) is 19.6. The number of nitrogen functional groups attached to an aromatic ring is 1. The second-order valence-corrected chi connectivity index (χ2v) is 4.01. The molecule has 0 saturated heterocycles. The fourth-order valence-corrected chi connectivity index (χ4v) is 1.75. The summed E-state index contributed by atoms with van der Waals surface area (Å²) >= 11 is 1.32. The van der Waals surface area contributed by atoms with Gasteiger partial charge in [-0.2, -0.15) is 0 Å². The van der Waals surface area contributed by atoms with E-state index >= 15 is 0 Å². The Morgan fingerprint density at radius 2 is 2.38 bits per heavy atom. The number of nitrogens with one attached hydrogen (secondary N) is 1. The Labute approximate surface area is 96.3 Å². The molecule has 2 aromatic rings. The summed E-state index contributed by atoms with van der Waals surface area (Å²) in [5.74, 6) is 0.389. The van der Waals surface area contributed by atoms with Crippen LogP contribution in [-0.2, 0) is 11.2 Å². The summed E-state index contributed by atoms with van der Waals surface area (Å²) in [5, 5.41) is 4.92. The van der Waals surface area contributed by atoms with Crippen molar-refractivity contribution < 1.29 is 4.79 Å². The van der Waals surface area contributed by atoms with Crippen LogP contribution in [0.3, 0.4) is 0 Å². The number of carbonyl (C=O) groups excluding carboxylic acids is 1. The van der Waals surface area contributed by atoms with E-state index in [1.807, 2.05) is 6.07 Å². The summed E-state index contributed by atoms with van der Waals surface area (Å²) in [6.45, 7) is 0. The highest BCUT2D eigenvalue weighted by Gasteiger charge is 2.07. The van der Waals surface area contributed by atoms with E-state index in [0.717, 1.165) is 0 Å². The minimum Gasteiger partial charge on any atom is -0.375 e. The third-order valence-corrected chi connectivity index (χ3v) is 2.57. The van der Waals surface area contributed by atoms with Crippen LogP contribution >= 0.6 is 11.3 Å². The number of rotatable bonds is 3. The minimum absolute atomic E-state index is 0.149. The number of amides is 1. The molecule has 3 N–H and O–H groups in total. The zero-order valence-corrected chi connectivity index (χ0v) is 9.20. The van der Waals surface area contributed by atoms with E-state index in [1.54, 1.807) is 23.7 Å². The molecule has 5 nitrogen and oxygen atoms in total. The Balaban J connectivity index is 1.95. The second-order valence-electron chi connectivity index (χ2n) is 3.12. The molecule has 0 aliphatic carbocycles. The van der Waals surface area contributed by atoms with Gasteiger partial charge < -0.3 is 11.1 Å². The van der Waals surface area contributed by atoms with E-state index in [1.165, 1.54) is 11.3 Å². The van der Waals surface area contributed by atoms with Crippen LogP contribution in [0.15, 0.2) is 29.8 Å². The number of thiazole rings is 1. The van der Waals surface area contributed by atoms with Crippen LogP contribution in [0.5, 0.6) is 0 Å². The van der Waals surface area contributed by atoms with Crippen molar-refractivity contribution >= 4 is 28.2 Å². The first-order valence-electron chi connectivity index (χ1n) is 4.65. The van der Waals surface area contributed by atoms with Crippen LogP contribution in [0.4, 0.5) is 10.9 Å². The zero-order valence-electron chi connectivity index (χ0n) is 8.38. The first kappa shape index (κ1) is 10.6.